The first-order chi connectivity index (χ1) is 8.15. The van der Waals surface area contributed by atoms with Gasteiger partial charge in [0.05, 0.1) is 6.54 Å². The molecule has 0 aliphatic carbocycles. The first-order valence-electron chi connectivity index (χ1n) is 5.78. The molecule has 0 aliphatic heterocycles. The molecule has 0 heterocycles. The molecule has 0 radical (unpaired) electrons. The maximum absolute atomic E-state index is 11.5. The van der Waals surface area contributed by atoms with Gasteiger partial charge in [-0.3, -0.25) is 9.69 Å². The van der Waals surface area contributed by atoms with Crippen LogP contribution in [-0.4, -0.2) is 30.9 Å². The number of nitrogens with one attached hydrogen (secondary N) is 1. The lowest BCUT2D eigenvalue weighted by molar-refractivity contribution is -0.122. The average molecular weight is 232 g/mol. The number of nitrogens with zero attached hydrogens (tertiary/aromatic N) is 1. The molecule has 1 amide bonds. The third-order valence-electron chi connectivity index (χ3n) is 2.78. The third-order valence-corrected chi connectivity index (χ3v) is 2.78. The number of hydrogen-bond donors (Lipinski definition) is 1. The van der Waals surface area contributed by atoms with E-state index in [0.717, 1.165) is 0 Å². The zero-order valence-electron chi connectivity index (χ0n) is 10.5. The van der Waals surface area contributed by atoms with Crippen molar-refractivity contribution in [2.24, 2.45) is 0 Å². The molecule has 1 rings (SSSR count). The Morgan fingerprint density at radius 1 is 1.47 bits per heavy atom. The predicted octanol–water partition coefficient (Wildman–Crippen LogP) is 1.98. The van der Waals surface area contributed by atoms with Gasteiger partial charge in [-0.15, -0.1) is 6.58 Å². The fourth-order valence-corrected chi connectivity index (χ4v) is 1.59. The van der Waals surface area contributed by atoms with Gasteiger partial charge in [0.15, 0.2) is 0 Å². The molecule has 3 heteroatoms. The summed E-state index contributed by atoms with van der Waals surface area (Å²) in [5.41, 5.74) is 1.21. The van der Waals surface area contributed by atoms with Crippen molar-refractivity contribution in [3.8, 4) is 0 Å². The fraction of sp³-hybridized carbons (Fsp3) is 0.357. The van der Waals surface area contributed by atoms with E-state index in [0.29, 0.717) is 13.1 Å². The molecule has 17 heavy (non-hydrogen) atoms. The summed E-state index contributed by atoms with van der Waals surface area (Å²) in [5.74, 6) is 0.0233. The van der Waals surface area contributed by atoms with Gasteiger partial charge in [-0.2, -0.15) is 0 Å². The minimum atomic E-state index is 0.0233. The SMILES string of the molecule is C=CCNC(=O)CN(C)[C@H](C)c1ccccc1. The lowest BCUT2D eigenvalue weighted by Gasteiger charge is -2.24. The summed E-state index contributed by atoms with van der Waals surface area (Å²) in [7, 11) is 1.95. The van der Waals surface area contributed by atoms with Crippen molar-refractivity contribution in [2.75, 3.05) is 20.1 Å². The lowest BCUT2D eigenvalue weighted by atomic mass is 10.1. The van der Waals surface area contributed by atoms with Crippen LogP contribution in [0, 0.1) is 0 Å². The van der Waals surface area contributed by atoms with Gasteiger partial charge in [0.1, 0.15) is 0 Å². The van der Waals surface area contributed by atoms with Crippen LogP contribution in [0.4, 0.5) is 0 Å². The molecule has 0 spiro atoms. The van der Waals surface area contributed by atoms with Crippen LogP contribution in [0.5, 0.6) is 0 Å². The van der Waals surface area contributed by atoms with Gasteiger partial charge >= 0.3 is 0 Å². The van der Waals surface area contributed by atoms with Crippen LogP contribution < -0.4 is 5.32 Å². The van der Waals surface area contributed by atoms with Crippen molar-refractivity contribution in [1.82, 2.24) is 10.2 Å². The molecule has 1 aromatic rings. The van der Waals surface area contributed by atoms with Crippen LogP contribution in [0.2, 0.25) is 0 Å². The quantitative estimate of drug-likeness (QED) is 0.761. The molecule has 0 aromatic heterocycles. The molecule has 0 fully saturated rings. The molecular formula is C14H20N2O. The molecule has 1 N–H and O–H groups in total. The number of benzene rings is 1. The molecule has 92 valence electrons. The monoisotopic (exact) mass is 232 g/mol. The van der Waals surface area contributed by atoms with Crippen molar-refractivity contribution < 1.29 is 4.79 Å². The number of hydrogen-bond acceptors (Lipinski definition) is 2. The van der Waals surface area contributed by atoms with Gasteiger partial charge in [0, 0.05) is 12.6 Å². The van der Waals surface area contributed by atoms with Gasteiger partial charge in [-0.05, 0) is 19.5 Å². The number of amides is 1. The summed E-state index contributed by atoms with van der Waals surface area (Å²) in [6, 6.07) is 10.4. The zero-order valence-corrected chi connectivity index (χ0v) is 10.5. The minimum Gasteiger partial charge on any atom is -0.352 e. The van der Waals surface area contributed by atoms with Crippen LogP contribution in [0.25, 0.3) is 0 Å². The average Bonchev–Trinajstić information content (AvgIpc) is 2.36. The highest BCUT2D eigenvalue weighted by atomic mass is 16.2. The second-order valence-electron chi connectivity index (χ2n) is 4.09. The smallest absolute Gasteiger partial charge is 0.234 e. The Hall–Kier alpha value is -1.61. The van der Waals surface area contributed by atoms with E-state index in [1.807, 2.05) is 30.1 Å². The van der Waals surface area contributed by atoms with Crippen LogP contribution in [-0.2, 0) is 4.79 Å². The maximum Gasteiger partial charge on any atom is 0.234 e. The number of carbonyl (C=O) groups excluding carboxylic acids is 1. The molecule has 3 nitrogen and oxygen atoms in total. The number of rotatable bonds is 6. The van der Waals surface area contributed by atoms with E-state index in [1.54, 1.807) is 6.08 Å². The summed E-state index contributed by atoms with van der Waals surface area (Å²) in [6.45, 7) is 6.57. The van der Waals surface area contributed by atoms with E-state index >= 15 is 0 Å². The Morgan fingerprint density at radius 2 is 2.12 bits per heavy atom. The van der Waals surface area contributed by atoms with E-state index in [2.05, 4.69) is 31.0 Å². The zero-order chi connectivity index (χ0) is 12.7. The Balaban J connectivity index is 2.50. The minimum absolute atomic E-state index is 0.0233. The second kappa shape index (κ2) is 6.86. The van der Waals surface area contributed by atoms with Crippen LogP contribution >= 0.6 is 0 Å². The highest BCUT2D eigenvalue weighted by Gasteiger charge is 2.13. The molecule has 1 atom stereocenters. The maximum atomic E-state index is 11.5. The number of likely N-dealkylation sites (N-methyl/N-ethyl adjacent to an activating group) is 1. The van der Waals surface area contributed by atoms with E-state index < -0.39 is 0 Å². The van der Waals surface area contributed by atoms with Crippen molar-refractivity contribution >= 4 is 5.91 Å². The van der Waals surface area contributed by atoms with E-state index in [9.17, 15) is 4.79 Å². The first-order valence-corrected chi connectivity index (χ1v) is 5.78. The Morgan fingerprint density at radius 3 is 2.71 bits per heavy atom. The Labute approximate surface area is 103 Å². The first kappa shape index (κ1) is 13.5. The van der Waals surface area contributed by atoms with E-state index in [1.165, 1.54) is 5.56 Å². The third kappa shape index (κ3) is 4.41. The summed E-state index contributed by atoms with van der Waals surface area (Å²) in [4.78, 5) is 13.6. The second-order valence-corrected chi connectivity index (χ2v) is 4.09. The van der Waals surface area contributed by atoms with Gasteiger partial charge in [-0.25, -0.2) is 0 Å². The molecule has 0 saturated carbocycles. The predicted molar refractivity (Wildman–Crippen MR) is 70.7 cm³/mol. The lowest BCUT2D eigenvalue weighted by Crippen LogP contribution is -2.36. The van der Waals surface area contributed by atoms with Crippen molar-refractivity contribution in [2.45, 2.75) is 13.0 Å². The topological polar surface area (TPSA) is 32.3 Å². The Kier molecular flexibility index (Phi) is 5.43. The molecular weight excluding hydrogens is 212 g/mol. The van der Waals surface area contributed by atoms with Crippen molar-refractivity contribution in [3.63, 3.8) is 0 Å². The largest absolute Gasteiger partial charge is 0.352 e. The highest BCUT2D eigenvalue weighted by Crippen LogP contribution is 2.17. The van der Waals surface area contributed by atoms with Crippen LogP contribution in [0.1, 0.15) is 18.5 Å². The van der Waals surface area contributed by atoms with Gasteiger partial charge in [-0.1, -0.05) is 36.4 Å². The highest BCUT2D eigenvalue weighted by molar-refractivity contribution is 5.78. The van der Waals surface area contributed by atoms with E-state index in [4.69, 9.17) is 0 Å². The fourth-order valence-electron chi connectivity index (χ4n) is 1.59. The van der Waals surface area contributed by atoms with Crippen molar-refractivity contribution in [3.05, 3.63) is 48.6 Å². The van der Waals surface area contributed by atoms with E-state index in [-0.39, 0.29) is 11.9 Å². The summed E-state index contributed by atoms with van der Waals surface area (Å²) in [6.07, 6.45) is 1.68. The molecule has 0 bridgehead atoms. The molecule has 0 unspecified atom stereocenters. The standard InChI is InChI=1S/C14H20N2O/c1-4-10-15-14(17)11-16(3)12(2)13-8-6-5-7-9-13/h4-9,12H,1,10-11H2,2-3H3,(H,15,17)/t12-/m1/s1. The van der Waals surface area contributed by atoms with Gasteiger partial charge in [0.25, 0.3) is 0 Å². The van der Waals surface area contributed by atoms with Gasteiger partial charge in [0.2, 0.25) is 5.91 Å². The summed E-state index contributed by atoms with van der Waals surface area (Å²) < 4.78 is 0. The Bertz CT molecular complexity index is 362. The van der Waals surface area contributed by atoms with Gasteiger partial charge < -0.3 is 5.32 Å². The van der Waals surface area contributed by atoms with Crippen molar-refractivity contribution in [1.29, 1.82) is 0 Å². The molecule has 1 aromatic carbocycles. The van der Waals surface area contributed by atoms with Crippen LogP contribution in [0.3, 0.4) is 0 Å². The molecule has 0 aliphatic rings. The molecule has 0 saturated heterocycles. The number of carbonyl (C=O) groups is 1. The normalized spacial score (nSPS) is 12.2. The van der Waals surface area contributed by atoms with Crippen LogP contribution in [0.15, 0.2) is 43.0 Å². The summed E-state index contributed by atoms with van der Waals surface area (Å²) >= 11 is 0. The summed E-state index contributed by atoms with van der Waals surface area (Å²) in [5, 5.41) is 2.77.